The molecule has 0 saturated carbocycles. The van der Waals surface area contributed by atoms with Gasteiger partial charge in [-0.25, -0.2) is 0 Å². The lowest BCUT2D eigenvalue weighted by Crippen LogP contribution is -2.33. The number of thioether (sulfide) groups is 1. The molecule has 2 heterocycles. The highest BCUT2D eigenvalue weighted by Crippen LogP contribution is 2.28. The quantitative estimate of drug-likeness (QED) is 0.937. The molecule has 1 unspecified atom stereocenters. The van der Waals surface area contributed by atoms with E-state index in [0.717, 1.165) is 29.4 Å². The van der Waals surface area contributed by atoms with Gasteiger partial charge in [-0.2, -0.15) is 16.7 Å². The maximum Gasteiger partial charge on any atom is 0.257 e. The van der Waals surface area contributed by atoms with Crippen LogP contribution in [0, 0.1) is 0 Å². The first-order valence-corrected chi connectivity index (χ1v) is 7.83. The SMILES string of the molecule is CNc1ccc(-c2nc(C3CSCCN3C)no2)cc1. The lowest BCUT2D eigenvalue weighted by atomic mass is 10.2. The molecule has 1 fully saturated rings. The zero-order chi connectivity index (χ0) is 13.9. The van der Waals surface area contributed by atoms with E-state index < -0.39 is 0 Å². The van der Waals surface area contributed by atoms with Gasteiger partial charge in [-0.3, -0.25) is 4.90 Å². The average Bonchev–Trinajstić information content (AvgIpc) is 2.97. The molecule has 106 valence electrons. The zero-order valence-electron chi connectivity index (χ0n) is 11.7. The minimum atomic E-state index is 0.253. The summed E-state index contributed by atoms with van der Waals surface area (Å²) in [5.41, 5.74) is 2.02. The van der Waals surface area contributed by atoms with Crippen LogP contribution in [0.2, 0.25) is 0 Å². The van der Waals surface area contributed by atoms with Gasteiger partial charge in [0, 0.05) is 36.3 Å². The smallest absolute Gasteiger partial charge is 0.257 e. The third kappa shape index (κ3) is 2.66. The maximum absolute atomic E-state index is 5.41. The van der Waals surface area contributed by atoms with Gasteiger partial charge < -0.3 is 9.84 Å². The highest BCUT2D eigenvalue weighted by Gasteiger charge is 2.25. The standard InChI is InChI=1S/C14H18N4OS/c1-15-11-5-3-10(4-6-11)14-16-13(17-19-14)12-9-20-8-7-18(12)2/h3-6,12,15H,7-9H2,1-2H3. The molecule has 0 aliphatic carbocycles. The molecule has 1 aromatic heterocycles. The molecule has 1 aromatic carbocycles. The van der Waals surface area contributed by atoms with E-state index in [2.05, 4.69) is 27.4 Å². The molecule has 0 spiro atoms. The summed E-state index contributed by atoms with van der Waals surface area (Å²) in [6.45, 7) is 1.07. The van der Waals surface area contributed by atoms with E-state index in [4.69, 9.17) is 4.52 Å². The summed E-state index contributed by atoms with van der Waals surface area (Å²) < 4.78 is 5.41. The maximum atomic E-state index is 5.41. The third-order valence-corrected chi connectivity index (χ3v) is 4.58. The van der Waals surface area contributed by atoms with Gasteiger partial charge >= 0.3 is 0 Å². The van der Waals surface area contributed by atoms with Gasteiger partial charge in [0.25, 0.3) is 5.89 Å². The number of hydrogen-bond donors (Lipinski definition) is 1. The van der Waals surface area contributed by atoms with Crippen LogP contribution in [0.1, 0.15) is 11.9 Å². The van der Waals surface area contributed by atoms with Crippen molar-refractivity contribution in [3.05, 3.63) is 30.1 Å². The molecule has 1 N–H and O–H groups in total. The second-order valence-electron chi connectivity index (χ2n) is 4.86. The molecule has 20 heavy (non-hydrogen) atoms. The zero-order valence-corrected chi connectivity index (χ0v) is 12.5. The summed E-state index contributed by atoms with van der Waals surface area (Å²) in [6, 6.07) is 8.23. The molecule has 1 aliphatic heterocycles. The summed E-state index contributed by atoms with van der Waals surface area (Å²) in [5.74, 6) is 3.57. The second-order valence-corrected chi connectivity index (χ2v) is 6.01. The van der Waals surface area contributed by atoms with Crippen LogP contribution in [0.5, 0.6) is 0 Å². The highest BCUT2D eigenvalue weighted by molar-refractivity contribution is 7.99. The number of aromatic nitrogens is 2. The molecular weight excluding hydrogens is 272 g/mol. The number of nitrogens with one attached hydrogen (secondary N) is 1. The normalized spacial score (nSPS) is 20.0. The predicted octanol–water partition coefficient (Wildman–Crippen LogP) is 2.50. The van der Waals surface area contributed by atoms with Crippen LogP contribution >= 0.6 is 11.8 Å². The lowest BCUT2D eigenvalue weighted by Gasteiger charge is -2.29. The molecule has 6 heteroatoms. The highest BCUT2D eigenvalue weighted by atomic mass is 32.2. The minimum Gasteiger partial charge on any atom is -0.388 e. The minimum absolute atomic E-state index is 0.253. The second kappa shape index (κ2) is 5.85. The summed E-state index contributed by atoms with van der Waals surface area (Å²) >= 11 is 1.94. The molecule has 0 bridgehead atoms. The molecule has 0 amide bonds. The Morgan fingerprint density at radius 3 is 2.85 bits per heavy atom. The van der Waals surface area contributed by atoms with Crippen molar-refractivity contribution < 1.29 is 4.52 Å². The van der Waals surface area contributed by atoms with E-state index in [0.29, 0.717) is 5.89 Å². The Labute approximate surface area is 122 Å². The van der Waals surface area contributed by atoms with E-state index in [1.54, 1.807) is 0 Å². The van der Waals surface area contributed by atoms with Crippen molar-refractivity contribution in [1.29, 1.82) is 0 Å². The van der Waals surface area contributed by atoms with Crippen molar-refractivity contribution in [3.63, 3.8) is 0 Å². The van der Waals surface area contributed by atoms with E-state index >= 15 is 0 Å². The lowest BCUT2D eigenvalue weighted by molar-refractivity contribution is 0.257. The largest absolute Gasteiger partial charge is 0.388 e. The fraction of sp³-hybridized carbons (Fsp3) is 0.429. The van der Waals surface area contributed by atoms with E-state index in [1.165, 1.54) is 5.75 Å². The van der Waals surface area contributed by atoms with E-state index in [1.807, 2.05) is 43.1 Å². The third-order valence-electron chi connectivity index (χ3n) is 3.56. The van der Waals surface area contributed by atoms with Crippen LogP contribution in [-0.2, 0) is 0 Å². The molecule has 1 aliphatic rings. The molecule has 5 nitrogen and oxygen atoms in total. The average molecular weight is 290 g/mol. The Balaban J connectivity index is 1.81. The van der Waals surface area contributed by atoms with Gasteiger partial charge in [0.1, 0.15) is 0 Å². The van der Waals surface area contributed by atoms with Crippen molar-refractivity contribution in [2.45, 2.75) is 6.04 Å². The number of hydrogen-bond acceptors (Lipinski definition) is 6. The van der Waals surface area contributed by atoms with Crippen LogP contribution in [0.4, 0.5) is 5.69 Å². The number of benzene rings is 1. The number of rotatable bonds is 3. The van der Waals surface area contributed by atoms with Gasteiger partial charge in [0.15, 0.2) is 5.82 Å². The van der Waals surface area contributed by atoms with Crippen LogP contribution < -0.4 is 5.32 Å². The topological polar surface area (TPSA) is 54.2 Å². The van der Waals surface area contributed by atoms with Gasteiger partial charge in [0.05, 0.1) is 6.04 Å². The Hall–Kier alpha value is -1.53. The van der Waals surface area contributed by atoms with Gasteiger partial charge in [-0.1, -0.05) is 5.16 Å². The molecule has 1 saturated heterocycles. The Bertz CT molecular complexity index is 569. The Morgan fingerprint density at radius 2 is 2.15 bits per heavy atom. The van der Waals surface area contributed by atoms with Crippen molar-refractivity contribution >= 4 is 17.4 Å². The van der Waals surface area contributed by atoms with Crippen LogP contribution in [-0.4, -0.2) is 47.2 Å². The van der Waals surface area contributed by atoms with Crippen molar-refractivity contribution in [1.82, 2.24) is 15.0 Å². The summed E-state index contributed by atoms with van der Waals surface area (Å²) in [4.78, 5) is 6.84. The van der Waals surface area contributed by atoms with Gasteiger partial charge in [-0.05, 0) is 31.3 Å². The number of nitrogens with zero attached hydrogens (tertiary/aromatic N) is 3. The first-order valence-electron chi connectivity index (χ1n) is 6.67. The van der Waals surface area contributed by atoms with Crippen molar-refractivity contribution in [2.24, 2.45) is 0 Å². The fourth-order valence-corrected chi connectivity index (χ4v) is 3.44. The fourth-order valence-electron chi connectivity index (χ4n) is 2.23. The van der Waals surface area contributed by atoms with Gasteiger partial charge in [-0.15, -0.1) is 0 Å². The molecule has 0 radical (unpaired) electrons. The Morgan fingerprint density at radius 1 is 1.35 bits per heavy atom. The van der Waals surface area contributed by atoms with E-state index in [-0.39, 0.29) is 6.04 Å². The molecule has 1 atom stereocenters. The number of anilines is 1. The van der Waals surface area contributed by atoms with Crippen LogP contribution in [0.25, 0.3) is 11.5 Å². The van der Waals surface area contributed by atoms with Crippen molar-refractivity contribution in [3.8, 4) is 11.5 Å². The first-order chi connectivity index (χ1) is 9.78. The van der Waals surface area contributed by atoms with Gasteiger partial charge in [0.2, 0.25) is 0 Å². The molecule has 2 aromatic rings. The summed E-state index contributed by atoms with van der Waals surface area (Å²) in [7, 11) is 4.01. The van der Waals surface area contributed by atoms with Crippen LogP contribution in [0.15, 0.2) is 28.8 Å². The first kappa shape index (κ1) is 13.5. The van der Waals surface area contributed by atoms with Crippen molar-refractivity contribution in [2.75, 3.05) is 37.5 Å². The molecular formula is C14H18N4OS. The Kier molecular flexibility index (Phi) is 3.93. The van der Waals surface area contributed by atoms with E-state index in [9.17, 15) is 0 Å². The molecule has 3 rings (SSSR count). The predicted molar refractivity (Wildman–Crippen MR) is 82.0 cm³/mol. The van der Waals surface area contributed by atoms with Crippen LogP contribution in [0.3, 0.4) is 0 Å². The summed E-state index contributed by atoms with van der Waals surface area (Å²) in [5, 5.41) is 7.24. The monoisotopic (exact) mass is 290 g/mol. The summed E-state index contributed by atoms with van der Waals surface area (Å²) in [6.07, 6.45) is 0.